The Morgan fingerprint density at radius 1 is 1.00 bits per heavy atom. The molecule has 0 unspecified atom stereocenters. The topological polar surface area (TPSA) is 39.8 Å². The second-order valence-corrected chi connectivity index (χ2v) is 6.00. The fraction of sp³-hybridized carbons (Fsp3) is 0.100. The highest BCUT2D eigenvalue weighted by molar-refractivity contribution is 5.93. The van der Waals surface area contributed by atoms with E-state index < -0.39 is 0 Å². The molecule has 124 valence electrons. The molecule has 4 aromatic rings. The van der Waals surface area contributed by atoms with Gasteiger partial charge in [-0.15, -0.1) is 0 Å². The number of halogens is 1. The van der Waals surface area contributed by atoms with E-state index in [1.165, 1.54) is 12.1 Å². The van der Waals surface area contributed by atoms with Crippen molar-refractivity contribution in [3.05, 3.63) is 82.7 Å². The third-order valence-corrected chi connectivity index (χ3v) is 4.43. The first-order chi connectivity index (χ1) is 12.1. The van der Waals surface area contributed by atoms with Gasteiger partial charge in [0.25, 0.3) is 0 Å². The fourth-order valence-electron chi connectivity index (χ4n) is 3.17. The summed E-state index contributed by atoms with van der Waals surface area (Å²) in [6.07, 6.45) is 1.74. The Labute approximate surface area is 143 Å². The van der Waals surface area contributed by atoms with E-state index in [1.54, 1.807) is 34.5 Å². The van der Waals surface area contributed by atoms with Gasteiger partial charge < -0.3 is 0 Å². The van der Waals surface area contributed by atoms with E-state index in [9.17, 15) is 9.18 Å². The minimum Gasteiger partial charge on any atom is -0.295 e. The van der Waals surface area contributed by atoms with Crippen LogP contribution in [0.4, 0.5) is 4.39 Å². The molecule has 0 aliphatic heterocycles. The summed E-state index contributed by atoms with van der Waals surface area (Å²) < 4.78 is 16.5. The Morgan fingerprint density at radius 3 is 2.48 bits per heavy atom. The predicted molar refractivity (Wildman–Crippen MR) is 96.4 cm³/mol. The summed E-state index contributed by atoms with van der Waals surface area (Å²) in [7, 11) is 1.74. The second kappa shape index (κ2) is 5.70. The number of nitrogens with zero attached hydrogens (tertiary/aromatic N) is 3. The van der Waals surface area contributed by atoms with Crippen LogP contribution in [0.1, 0.15) is 5.56 Å². The van der Waals surface area contributed by atoms with Crippen LogP contribution in [0.2, 0.25) is 0 Å². The monoisotopic (exact) mass is 333 g/mol. The van der Waals surface area contributed by atoms with Crippen molar-refractivity contribution in [2.75, 3.05) is 0 Å². The van der Waals surface area contributed by atoms with Crippen molar-refractivity contribution >= 4 is 11.0 Å². The van der Waals surface area contributed by atoms with Crippen LogP contribution in [0.5, 0.6) is 0 Å². The number of imidazole rings is 1. The minimum atomic E-state index is -0.335. The van der Waals surface area contributed by atoms with E-state index in [-0.39, 0.29) is 11.5 Å². The highest BCUT2D eigenvalue weighted by atomic mass is 19.1. The van der Waals surface area contributed by atoms with Gasteiger partial charge in [-0.05, 0) is 48.9 Å². The van der Waals surface area contributed by atoms with Gasteiger partial charge in [0.05, 0.1) is 22.4 Å². The summed E-state index contributed by atoms with van der Waals surface area (Å²) in [5, 5.41) is 0. The number of aryl methyl sites for hydroxylation is 2. The third-order valence-electron chi connectivity index (χ3n) is 4.43. The molecule has 0 aliphatic carbocycles. The molecule has 0 saturated heterocycles. The third kappa shape index (κ3) is 2.36. The Bertz CT molecular complexity index is 1140. The molecule has 4 nitrogen and oxygen atoms in total. The molecule has 5 heteroatoms. The molecule has 2 aromatic carbocycles. The lowest BCUT2D eigenvalue weighted by atomic mass is 10.0. The number of pyridine rings is 1. The van der Waals surface area contributed by atoms with Crippen LogP contribution >= 0.6 is 0 Å². The number of benzene rings is 2. The van der Waals surface area contributed by atoms with Crippen LogP contribution in [0.25, 0.3) is 28.0 Å². The van der Waals surface area contributed by atoms with Crippen LogP contribution in [0.15, 0.2) is 65.6 Å². The first-order valence-electron chi connectivity index (χ1n) is 7.96. The van der Waals surface area contributed by atoms with Gasteiger partial charge in [-0.3, -0.25) is 14.1 Å². The molecule has 0 radical (unpaired) electrons. The summed E-state index contributed by atoms with van der Waals surface area (Å²) >= 11 is 0. The largest absolute Gasteiger partial charge is 0.333 e. The van der Waals surface area contributed by atoms with E-state index in [2.05, 4.69) is 4.98 Å². The van der Waals surface area contributed by atoms with Crippen LogP contribution < -0.4 is 5.69 Å². The fourth-order valence-corrected chi connectivity index (χ4v) is 3.17. The van der Waals surface area contributed by atoms with Gasteiger partial charge in [0, 0.05) is 18.8 Å². The summed E-state index contributed by atoms with van der Waals surface area (Å²) in [5.41, 5.74) is 4.74. The Kier molecular flexibility index (Phi) is 3.50. The average Bonchev–Trinajstić information content (AvgIpc) is 2.88. The van der Waals surface area contributed by atoms with Crippen molar-refractivity contribution in [3.63, 3.8) is 0 Å². The van der Waals surface area contributed by atoms with E-state index in [1.807, 2.05) is 37.3 Å². The zero-order chi connectivity index (χ0) is 17.6. The van der Waals surface area contributed by atoms with Gasteiger partial charge in [0.2, 0.25) is 0 Å². The van der Waals surface area contributed by atoms with Crippen molar-refractivity contribution in [3.8, 4) is 16.9 Å². The van der Waals surface area contributed by atoms with Gasteiger partial charge in [-0.1, -0.05) is 18.2 Å². The zero-order valence-electron chi connectivity index (χ0n) is 13.9. The number of fused-ring (bicyclic) bond motifs is 1. The quantitative estimate of drug-likeness (QED) is 0.559. The van der Waals surface area contributed by atoms with Crippen LogP contribution in [0, 0.1) is 12.7 Å². The van der Waals surface area contributed by atoms with Gasteiger partial charge in [0.1, 0.15) is 5.82 Å². The lowest BCUT2D eigenvalue weighted by Gasteiger charge is -2.10. The minimum absolute atomic E-state index is 0.178. The maximum absolute atomic E-state index is 13.3. The van der Waals surface area contributed by atoms with Crippen molar-refractivity contribution in [1.82, 2.24) is 14.1 Å². The molecule has 0 atom stereocenters. The standard InChI is InChI=1S/C20H16FN3O/c1-13-5-4-12-22-18(13)16-6-3-7-17-19(16)24(20(25)23(17)2)15-10-8-14(21)9-11-15/h3-12H,1-2H3. The molecular formula is C20H16FN3O. The van der Waals surface area contributed by atoms with Crippen molar-refractivity contribution < 1.29 is 4.39 Å². The van der Waals surface area contributed by atoms with E-state index >= 15 is 0 Å². The summed E-state index contributed by atoms with van der Waals surface area (Å²) in [6.45, 7) is 1.99. The summed E-state index contributed by atoms with van der Waals surface area (Å²) in [5.74, 6) is -0.335. The molecule has 0 saturated carbocycles. The smallest absolute Gasteiger partial charge is 0.295 e. The first-order valence-corrected chi connectivity index (χ1v) is 7.96. The van der Waals surface area contributed by atoms with E-state index in [0.717, 1.165) is 27.9 Å². The molecule has 0 spiro atoms. The first kappa shape index (κ1) is 15.3. The molecule has 2 heterocycles. The normalized spacial score (nSPS) is 11.2. The Balaban J connectivity index is 2.14. The van der Waals surface area contributed by atoms with Gasteiger partial charge in [-0.25, -0.2) is 9.18 Å². The van der Waals surface area contributed by atoms with Gasteiger partial charge in [-0.2, -0.15) is 0 Å². The Hall–Kier alpha value is -3.21. The van der Waals surface area contributed by atoms with Crippen LogP contribution in [-0.2, 0) is 7.05 Å². The zero-order valence-corrected chi connectivity index (χ0v) is 13.9. The number of aromatic nitrogens is 3. The van der Waals surface area contributed by atoms with Crippen molar-refractivity contribution in [1.29, 1.82) is 0 Å². The van der Waals surface area contributed by atoms with Crippen molar-refractivity contribution in [2.45, 2.75) is 6.92 Å². The van der Waals surface area contributed by atoms with Gasteiger partial charge in [0.15, 0.2) is 0 Å². The van der Waals surface area contributed by atoms with Crippen LogP contribution in [-0.4, -0.2) is 14.1 Å². The predicted octanol–water partition coefficient (Wildman–Crippen LogP) is 3.84. The molecule has 0 aliphatic rings. The molecule has 25 heavy (non-hydrogen) atoms. The van der Waals surface area contributed by atoms with Crippen molar-refractivity contribution in [2.24, 2.45) is 7.05 Å². The molecular weight excluding hydrogens is 317 g/mol. The molecule has 0 fully saturated rings. The molecule has 2 aromatic heterocycles. The second-order valence-electron chi connectivity index (χ2n) is 6.00. The number of rotatable bonds is 2. The highest BCUT2D eigenvalue weighted by Gasteiger charge is 2.18. The molecule has 0 N–H and O–H groups in total. The SMILES string of the molecule is Cc1cccnc1-c1cccc2c1n(-c1ccc(F)cc1)c(=O)n2C. The summed E-state index contributed by atoms with van der Waals surface area (Å²) in [4.78, 5) is 17.4. The molecule has 0 bridgehead atoms. The number of hydrogen-bond donors (Lipinski definition) is 0. The van der Waals surface area contributed by atoms with E-state index in [4.69, 9.17) is 0 Å². The maximum atomic E-state index is 13.3. The highest BCUT2D eigenvalue weighted by Crippen LogP contribution is 2.30. The number of para-hydroxylation sites is 1. The maximum Gasteiger partial charge on any atom is 0.333 e. The average molecular weight is 333 g/mol. The molecule has 4 rings (SSSR count). The molecule has 0 amide bonds. The number of hydrogen-bond acceptors (Lipinski definition) is 2. The van der Waals surface area contributed by atoms with Crippen LogP contribution in [0.3, 0.4) is 0 Å². The lowest BCUT2D eigenvalue weighted by molar-refractivity contribution is 0.627. The Morgan fingerprint density at radius 2 is 1.76 bits per heavy atom. The van der Waals surface area contributed by atoms with Gasteiger partial charge >= 0.3 is 5.69 Å². The lowest BCUT2D eigenvalue weighted by Crippen LogP contribution is -2.20. The van der Waals surface area contributed by atoms with E-state index in [0.29, 0.717) is 5.69 Å². The summed E-state index contributed by atoms with van der Waals surface area (Å²) in [6, 6.07) is 15.6.